The Morgan fingerprint density at radius 2 is 1.48 bits per heavy atom. The molecule has 7 heteroatoms. The first-order valence-corrected chi connectivity index (χ1v) is 9.82. The first kappa shape index (κ1) is 21.8. The third-order valence-electron chi connectivity index (χ3n) is 4.92. The van der Waals surface area contributed by atoms with E-state index in [0.717, 1.165) is 33.2 Å². The standard InChI is InChI=1S/C24H25N3O4/c1-14-9-15(2)22(16(3)10-14)27-24(30)26-20-12-18-8-6-5-7-17(18)11-19(20)23(29)25-13-21(28)31-4/h5-12H,13H2,1-4H3,(H,25,29)(H2,26,27,30). The van der Waals surface area contributed by atoms with Gasteiger partial charge in [-0.15, -0.1) is 0 Å². The van der Waals surface area contributed by atoms with Crippen LogP contribution in [0.5, 0.6) is 0 Å². The number of urea groups is 1. The number of benzene rings is 3. The summed E-state index contributed by atoms with van der Waals surface area (Å²) >= 11 is 0. The van der Waals surface area contributed by atoms with Gasteiger partial charge in [0.05, 0.1) is 18.4 Å². The first-order chi connectivity index (χ1) is 14.8. The van der Waals surface area contributed by atoms with E-state index in [9.17, 15) is 14.4 Å². The third kappa shape index (κ3) is 5.19. The molecule has 0 aliphatic carbocycles. The molecule has 0 fully saturated rings. The Labute approximate surface area is 180 Å². The lowest BCUT2D eigenvalue weighted by atomic mass is 10.0. The topological polar surface area (TPSA) is 96.5 Å². The van der Waals surface area contributed by atoms with Gasteiger partial charge in [0, 0.05) is 5.69 Å². The van der Waals surface area contributed by atoms with Gasteiger partial charge in [0.1, 0.15) is 6.54 Å². The van der Waals surface area contributed by atoms with Crippen LogP contribution < -0.4 is 16.0 Å². The quantitative estimate of drug-likeness (QED) is 0.537. The summed E-state index contributed by atoms with van der Waals surface area (Å²) in [5, 5.41) is 9.87. The van der Waals surface area contributed by atoms with Crippen LogP contribution in [0.3, 0.4) is 0 Å². The average Bonchev–Trinajstić information content (AvgIpc) is 2.73. The molecule has 3 N–H and O–H groups in total. The number of fused-ring (bicyclic) bond motifs is 1. The van der Waals surface area contributed by atoms with E-state index in [1.54, 1.807) is 12.1 Å². The van der Waals surface area contributed by atoms with Gasteiger partial charge in [-0.05, 0) is 54.8 Å². The van der Waals surface area contributed by atoms with Gasteiger partial charge in [0.15, 0.2) is 0 Å². The molecule has 0 bridgehead atoms. The van der Waals surface area contributed by atoms with Gasteiger partial charge in [-0.2, -0.15) is 0 Å². The summed E-state index contributed by atoms with van der Waals surface area (Å²) in [5.41, 5.74) is 4.31. The summed E-state index contributed by atoms with van der Waals surface area (Å²) in [6, 6.07) is 14.4. The number of methoxy groups -OCH3 is 1. The first-order valence-electron chi connectivity index (χ1n) is 9.82. The maximum absolute atomic E-state index is 12.8. The van der Waals surface area contributed by atoms with Crippen molar-refractivity contribution in [1.29, 1.82) is 0 Å². The summed E-state index contributed by atoms with van der Waals surface area (Å²) in [4.78, 5) is 36.9. The summed E-state index contributed by atoms with van der Waals surface area (Å²) in [7, 11) is 1.25. The number of nitrogens with one attached hydrogen (secondary N) is 3. The lowest BCUT2D eigenvalue weighted by Crippen LogP contribution is -2.31. The van der Waals surface area contributed by atoms with Crippen LogP contribution >= 0.6 is 0 Å². The fraction of sp³-hybridized carbons (Fsp3) is 0.208. The lowest BCUT2D eigenvalue weighted by molar-refractivity contribution is -0.139. The average molecular weight is 419 g/mol. The van der Waals surface area contributed by atoms with E-state index < -0.39 is 17.9 Å². The van der Waals surface area contributed by atoms with E-state index in [-0.39, 0.29) is 12.1 Å². The number of carbonyl (C=O) groups excluding carboxylic acids is 3. The molecule has 7 nitrogen and oxygen atoms in total. The van der Waals surface area contributed by atoms with Crippen molar-refractivity contribution in [2.24, 2.45) is 0 Å². The van der Waals surface area contributed by atoms with Crippen LogP contribution in [0.2, 0.25) is 0 Å². The van der Waals surface area contributed by atoms with E-state index >= 15 is 0 Å². The predicted molar refractivity (Wildman–Crippen MR) is 122 cm³/mol. The number of amides is 3. The van der Waals surface area contributed by atoms with Crippen molar-refractivity contribution in [3.05, 3.63) is 70.8 Å². The Kier molecular flexibility index (Phi) is 6.55. The maximum Gasteiger partial charge on any atom is 0.325 e. The van der Waals surface area contributed by atoms with E-state index in [1.165, 1.54) is 7.11 Å². The molecule has 3 aromatic carbocycles. The fourth-order valence-corrected chi connectivity index (χ4v) is 3.50. The van der Waals surface area contributed by atoms with Crippen LogP contribution in [0, 0.1) is 20.8 Å². The Hall–Kier alpha value is -3.87. The second-order valence-electron chi connectivity index (χ2n) is 7.36. The Balaban J connectivity index is 1.90. The highest BCUT2D eigenvalue weighted by Crippen LogP contribution is 2.26. The van der Waals surface area contributed by atoms with Crippen molar-refractivity contribution in [1.82, 2.24) is 5.32 Å². The molecular formula is C24H25N3O4. The number of esters is 1. The molecule has 0 saturated carbocycles. The highest BCUT2D eigenvalue weighted by atomic mass is 16.5. The van der Waals surface area contributed by atoms with E-state index in [1.807, 2.05) is 57.2 Å². The molecule has 0 atom stereocenters. The van der Waals surface area contributed by atoms with Crippen molar-refractivity contribution in [2.75, 3.05) is 24.3 Å². The second-order valence-corrected chi connectivity index (χ2v) is 7.36. The molecule has 3 amide bonds. The SMILES string of the molecule is COC(=O)CNC(=O)c1cc2ccccc2cc1NC(=O)Nc1c(C)cc(C)cc1C. The number of aryl methyl sites for hydroxylation is 3. The Morgan fingerprint density at radius 1 is 0.871 bits per heavy atom. The number of hydrogen-bond donors (Lipinski definition) is 3. The normalized spacial score (nSPS) is 10.5. The Bertz CT molecular complexity index is 1150. The van der Waals surface area contributed by atoms with Crippen LogP contribution in [0.1, 0.15) is 27.0 Å². The highest BCUT2D eigenvalue weighted by Gasteiger charge is 2.17. The van der Waals surface area contributed by atoms with Crippen molar-refractivity contribution < 1.29 is 19.1 Å². The molecule has 3 rings (SSSR count). The van der Waals surface area contributed by atoms with Gasteiger partial charge in [-0.25, -0.2) is 4.79 Å². The molecule has 0 spiro atoms. The minimum absolute atomic E-state index is 0.245. The molecule has 0 unspecified atom stereocenters. The molecule has 3 aromatic rings. The summed E-state index contributed by atoms with van der Waals surface area (Å²) in [6.45, 7) is 5.59. The smallest absolute Gasteiger partial charge is 0.325 e. The van der Waals surface area contributed by atoms with E-state index in [0.29, 0.717) is 5.69 Å². The lowest BCUT2D eigenvalue weighted by Gasteiger charge is -2.16. The van der Waals surface area contributed by atoms with Crippen LogP contribution in [0.25, 0.3) is 10.8 Å². The predicted octanol–water partition coefficient (Wildman–Crippen LogP) is 4.31. The van der Waals surface area contributed by atoms with Crippen LogP contribution in [0.4, 0.5) is 16.2 Å². The van der Waals surface area contributed by atoms with Crippen molar-refractivity contribution in [2.45, 2.75) is 20.8 Å². The second kappa shape index (κ2) is 9.30. The number of rotatable bonds is 5. The minimum Gasteiger partial charge on any atom is -0.468 e. The molecule has 31 heavy (non-hydrogen) atoms. The van der Waals surface area contributed by atoms with Crippen LogP contribution in [-0.4, -0.2) is 31.6 Å². The molecule has 0 aliphatic rings. The zero-order chi connectivity index (χ0) is 22.5. The molecule has 0 aromatic heterocycles. The van der Waals surface area contributed by atoms with Gasteiger partial charge in [0.25, 0.3) is 5.91 Å². The van der Waals surface area contributed by atoms with Gasteiger partial charge in [-0.3, -0.25) is 9.59 Å². The van der Waals surface area contributed by atoms with Crippen molar-refractivity contribution in [3.63, 3.8) is 0 Å². The largest absolute Gasteiger partial charge is 0.468 e. The number of carbonyl (C=O) groups is 3. The maximum atomic E-state index is 12.8. The molecule has 0 radical (unpaired) electrons. The third-order valence-corrected chi connectivity index (χ3v) is 4.92. The van der Waals surface area contributed by atoms with Gasteiger partial charge >= 0.3 is 12.0 Å². The molecule has 0 aliphatic heterocycles. The zero-order valence-electron chi connectivity index (χ0n) is 18.0. The molecule has 0 saturated heterocycles. The van der Waals surface area contributed by atoms with Crippen LogP contribution in [-0.2, 0) is 9.53 Å². The highest BCUT2D eigenvalue weighted by molar-refractivity contribution is 6.10. The number of ether oxygens (including phenoxy) is 1. The van der Waals surface area contributed by atoms with Crippen molar-refractivity contribution in [3.8, 4) is 0 Å². The monoisotopic (exact) mass is 419 g/mol. The van der Waals surface area contributed by atoms with Crippen molar-refractivity contribution >= 4 is 40.1 Å². The summed E-state index contributed by atoms with van der Waals surface area (Å²) in [5.74, 6) is -1.05. The van der Waals surface area contributed by atoms with Gasteiger partial charge < -0.3 is 20.7 Å². The van der Waals surface area contributed by atoms with E-state index in [4.69, 9.17) is 0 Å². The Morgan fingerprint density at radius 3 is 2.10 bits per heavy atom. The molecular weight excluding hydrogens is 394 g/mol. The van der Waals surface area contributed by atoms with Gasteiger partial charge in [-0.1, -0.05) is 42.0 Å². The minimum atomic E-state index is -0.563. The summed E-state index contributed by atoms with van der Waals surface area (Å²) < 4.78 is 4.57. The summed E-state index contributed by atoms with van der Waals surface area (Å²) in [6.07, 6.45) is 0. The fourth-order valence-electron chi connectivity index (χ4n) is 3.50. The van der Waals surface area contributed by atoms with E-state index in [2.05, 4.69) is 20.7 Å². The van der Waals surface area contributed by atoms with Crippen LogP contribution in [0.15, 0.2) is 48.5 Å². The number of hydrogen-bond acceptors (Lipinski definition) is 4. The number of anilines is 2. The molecule has 160 valence electrons. The zero-order valence-corrected chi connectivity index (χ0v) is 18.0. The van der Waals surface area contributed by atoms with Gasteiger partial charge in [0.2, 0.25) is 0 Å². The molecule has 0 heterocycles.